The highest BCUT2D eigenvalue weighted by molar-refractivity contribution is 7.85. The predicted octanol–water partition coefficient (Wildman–Crippen LogP) is 1.57. The summed E-state index contributed by atoms with van der Waals surface area (Å²) in [5.74, 6) is 3.94. The molecule has 0 spiro atoms. The van der Waals surface area contributed by atoms with Crippen LogP contribution in [0, 0.1) is 0 Å². The number of fused-ring (bicyclic) bond motifs is 4. The van der Waals surface area contributed by atoms with Crippen molar-refractivity contribution in [2.24, 2.45) is 0 Å². The zero-order valence-corrected chi connectivity index (χ0v) is 22.4. The number of methoxy groups -OCH3 is 1. The number of nitrogens with zero attached hydrogens (tertiary/aromatic N) is 5. The molecule has 0 radical (unpaired) electrons. The van der Waals surface area contributed by atoms with Crippen molar-refractivity contribution in [1.82, 2.24) is 20.3 Å². The van der Waals surface area contributed by atoms with Crippen LogP contribution >= 0.6 is 0 Å². The van der Waals surface area contributed by atoms with Gasteiger partial charge in [0.25, 0.3) is 0 Å². The van der Waals surface area contributed by atoms with Gasteiger partial charge in [-0.3, -0.25) is 4.21 Å². The van der Waals surface area contributed by atoms with E-state index < -0.39 is 22.4 Å². The number of piperazine rings is 1. The summed E-state index contributed by atoms with van der Waals surface area (Å²) in [4.78, 5) is 30.9. The molecule has 5 heterocycles. The number of amides is 1. The van der Waals surface area contributed by atoms with Gasteiger partial charge in [-0.25, -0.2) is 14.8 Å². The number of hydrogen-bond donors (Lipinski definition) is 2. The molecule has 3 aliphatic rings. The summed E-state index contributed by atoms with van der Waals surface area (Å²) in [6, 6.07) is 1.99. The van der Waals surface area contributed by atoms with E-state index in [1.165, 1.54) is 7.11 Å². The number of aromatic nitrogens is 3. The first kappa shape index (κ1) is 25.3. The van der Waals surface area contributed by atoms with Crippen LogP contribution in [0.2, 0.25) is 0 Å². The summed E-state index contributed by atoms with van der Waals surface area (Å²) in [6.07, 6.45) is 1.86. The molecule has 12 nitrogen and oxygen atoms in total. The number of carbonyl (C=O) groups is 1. The number of alkyl carbamates (subject to hydrolysis) is 1. The molecule has 2 aromatic heterocycles. The van der Waals surface area contributed by atoms with Crippen molar-refractivity contribution in [2.45, 2.75) is 43.7 Å². The molecule has 1 fully saturated rings. The van der Waals surface area contributed by atoms with Gasteiger partial charge in [-0.1, -0.05) is 0 Å². The smallest absolute Gasteiger partial charge is 0.406 e. The molecule has 37 heavy (non-hydrogen) atoms. The maximum atomic E-state index is 12.8. The minimum Gasteiger partial charge on any atom is -0.492 e. The number of aryl methyl sites for hydroxylation is 1. The van der Waals surface area contributed by atoms with Crippen LogP contribution in [0.25, 0.3) is 0 Å². The molecule has 1 saturated heterocycles. The quantitative estimate of drug-likeness (QED) is 0.540. The predicted molar refractivity (Wildman–Crippen MR) is 139 cm³/mol. The van der Waals surface area contributed by atoms with Crippen LogP contribution in [0.4, 0.5) is 22.4 Å². The average Bonchev–Trinajstić information content (AvgIpc) is 3.27. The fourth-order valence-corrected chi connectivity index (χ4v) is 6.08. The Balaban J connectivity index is 1.36. The summed E-state index contributed by atoms with van der Waals surface area (Å²) in [5.41, 5.74) is 0.242. The first-order valence-corrected chi connectivity index (χ1v) is 13.8. The Hall–Kier alpha value is -3.35. The topological polar surface area (TPSA) is 131 Å². The second-order valence-electron chi connectivity index (χ2n) is 9.83. The second kappa shape index (κ2) is 10.2. The lowest BCUT2D eigenvalue weighted by molar-refractivity contribution is 0.169. The molecule has 1 amide bonds. The van der Waals surface area contributed by atoms with Gasteiger partial charge in [0.1, 0.15) is 23.1 Å². The van der Waals surface area contributed by atoms with Gasteiger partial charge in [0.15, 0.2) is 11.6 Å². The van der Waals surface area contributed by atoms with Gasteiger partial charge < -0.3 is 34.6 Å². The van der Waals surface area contributed by atoms with Gasteiger partial charge in [-0.2, -0.15) is 4.98 Å². The Morgan fingerprint density at radius 1 is 1.32 bits per heavy atom. The third-order valence-corrected chi connectivity index (χ3v) is 8.04. The Labute approximate surface area is 218 Å². The van der Waals surface area contributed by atoms with Gasteiger partial charge in [-0.05, 0) is 20.8 Å². The molecule has 2 unspecified atom stereocenters. The van der Waals surface area contributed by atoms with Crippen molar-refractivity contribution in [2.75, 3.05) is 67.4 Å². The number of anilines is 3. The number of hydrogen-bond acceptors (Lipinski definition) is 11. The summed E-state index contributed by atoms with van der Waals surface area (Å²) in [7, 11) is 0.154. The maximum absolute atomic E-state index is 12.8. The van der Waals surface area contributed by atoms with Crippen LogP contribution in [0.15, 0.2) is 17.2 Å². The van der Waals surface area contributed by atoms with E-state index in [1.807, 2.05) is 26.8 Å². The van der Waals surface area contributed by atoms with E-state index in [9.17, 15) is 9.00 Å². The van der Waals surface area contributed by atoms with E-state index in [4.69, 9.17) is 19.4 Å². The average molecular weight is 532 g/mol. The van der Waals surface area contributed by atoms with Gasteiger partial charge in [0.2, 0.25) is 5.95 Å². The number of rotatable bonds is 7. The highest BCUT2D eigenvalue weighted by Crippen LogP contribution is 2.37. The monoisotopic (exact) mass is 531 g/mol. The van der Waals surface area contributed by atoms with Crippen LogP contribution in [0.1, 0.15) is 26.5 Å². The third-order valence-electron chi connectivity index (χ3n) is 6.58. The van der Waals surface area contributed by atoms with Crippen LogP contribution in [-0.2, 0) is 22.0 Å². The molecule has 0 aliphatic carbocycles. The van der Waals surface area contributed by atoms with Gasteiger partial charge in [0, 0.05) is 44.4 Å². The lowest BCUT2D eigenvalue weighted by atomic mass is 10.1. The number of pyridine rings is 1. The number of carbonyl (C=O) groups excluding carboxylic acids is 1. The normalized spacial score (nSPS) is 20.3. The van der Waals surface area contributed by atoms with Gasteiger partial charge >= 0.3 is 6.09 Å². The number of nitrogens with one attached hydrogen (secondary N) is 2. The van der Waals surface area contributed by atoms with Crippen molar-refractivity contribution in [3.05, 3.63) is 18.0 Å². The van der Waals surface area contributed by atoms with Crippen LogP contribution in [-0.4, -0.2) is 89.1 Å². The molecule has 0 aromatic carbocycles. The molecular formula is C24H33N7O5S. The van der Waals surface area contributed by atoms with E-state index in [0.717, 1.165) is 23.8 Å². The van der Waals surface area contributed by atoms with Crippen LogP contribution < -0.4 is 29.9 Å². The fraction of sp³-hybridized carbons (Fsp3) is 0.583. The van der Waals surface area contributed by atoms with Crippen molar-refractivity contribution in [1.29, 1.82) is 0 Å². The third kappa shape index (κ3) is 5.22. The maximum Gasteiger partial charge on any atom is 0.406 e. The number of ether oxygens (including phenoxy) is 3. The molecule has 2 N–H and O–H groups in total. The van der Waals surface area contributed by atoms with E-state index in [-0.39, 0.29) is 6.04 Å². The summed E-state index contributed by atoms with van der Waals surface area (Å²) in [6.45, 7) is 9.33. The highest BCUT2D eigenvalue weighted by Gasteiger charge is 2.36. The summed E-state index contributed by atoms with van der Waals surface area (Å²) < 4.78 is 29.1. The summed E-state index contributed by atoms with van der Waals surface area (Å²) in [5, 5.41) is 6.11. The van der Waals surface area contributed by atoms with Gasteiger partial charge in [0.05, 0.1) is 48.0 Å². The Morgan fingerprint density at radius 3 is 2.95 bits per heavy atom. The zero-order chi connectivity index (χ0) is 26.2. The lowest BCUT2D eigenvalue weighted by Crippen LogP contribution is -2.58. The minimum absolute atomic E-state index is 0.0924. The van der Waals surface area contributed by atoms with Crippen molar-refractivity contribution in [3.8, 4) is 11.5 Å². The van der Waals surface area contributed by atoms with Crippen LogP contribution in [0.5, 0.6) is 11.5 Å². The SMILES string of the molecule is CCOc1cnc2c(c1)OCC1CN(c3nc4c(c(NC(C)(C)CNC(=O)OC)n3)S(=O)CC4)CCN21. The fourth-order valence-electron chi connectivity index (χ4n) is 4.77. The van der Waals surface area contributed by atoms with E-state index in [2.05, 4.69) is 30.2 Å². The van der Waals surface area contributed by atoms with E-state index in [0.29, 0.717) is 67.4 Å². The highest BCUT2D eigenvalue weighted by atomic mass is 32.2. The first-order valence-electron chi connectivity index (χ1n) is 12.4. The first-order chi connectivity index (χ1) is 17.8. The molecule has 2 atom stereocenters. The van der Waals surface area contributed by atoms with Crippen molar-refractivity contribution in [3.63, 3.8) is 0 Å². The molecule has 0 saturated carbocycles. The Bertz CT molecular complexity index is 1210. The standard InChI is InChI=1S/C24H33N7O5S/c1-5-35-16-10-18-21(25-11-16)31-8-7-30(12-15(31)13-36-18)22-27-17-6-9-37(33)19(17)20(28-22)29-24(2,3)14-26-23(32)34-4/h10-11,15H,5-9,12-14H2,1-4H3,(H,26,32)(H,27,28,29). The van der Waals surface area contributed by atoms with E-state index in [1.54, 1.807) is 6.20 Å². The Kier molecular flexibility index (Phi) is 6.97. The molecule has 3 aliphatic heterocycles. The minimum atomic E-state index is -1.17. The Morgan fingerprint density at radius 2 is 2.16 bits per heavy atom. The zero-order valence-electron chi connectivity index (χ0n) is 21.6. The largest absolute Gasteiger partial charge is 0.492 e. The molecule has 200 valence electrons. The van der Waals surface area contributed by atoms with Crippen molar-refractivity contribution >= 4 is 34.5 Å². The molecule has 0 bridgehead atoms. The van der Waals surface area contributed by atoms with Crippen molar-refractivity contribution < 1.29 is 23.2 Å². The molecule has 5 rings (SSSR count). The lowest BCUT2D eigenvalue weighted by Gasteiger charge is -2.44. The molecule has 13 heteroatoms. The summed E-state index contributed by atoms with van der Waals surface area (Å²) >= 11 is 0. The molecule has 2 aromatic rings. The van der Waals surface area contributed by atoms with Gasteiger partial charge in [-0.15, -0.1) is 0 Å². The molecular weight excluding hydrogens is 498 g/mol. The second-order valence-corrected chi connectivity index (χ2v) is 11.3. The van der Waals surface area contributed by atoms with Crippen LogP contribution in [0.3, 0.4) is 0 Å². The van der Waals surface area contributed by atoms with E-state index >= 15 is 0 Å².